The number of unbranched alkanes of at least 4 members (excludes halogenated alkanes) is 4. The Labute approximate surface area is 299 Å². The monoisotopic (exact) mass is 717 g/mol. The fourth-order valence-electron chi connectivity index (χ4n) is 7.89. The minimum Gasteiger partial charge on any atom is -0.499 e. The summed E-state index contributed by atoms with van der Waals surface area (Å²) in [6.07, 6.45) is 5.93. The number of fused-ring (bicyclic) bond motifs is 4. The van der Waals surface area contributed by atoms with Gasteiger partial charge in [0.05, 0.1) is 32.1 Å². The summed E-state index contributed by atoms with van der Waals surface area (Å²) in [6.45, 7) is 5.45. The lowest BCUT2D eigenvalue weighted by Gasteiger charge is -2.49. The Morgan fingerprint density at radius 3 is 2.47 bits per heavy atom. The normalized spacial score (nSPS) is 29.0. The van der Waals surface area contributed by atoms with Crippen LogP contribution in [0.4, 0.5) is 0 Å². The Hall–Kier alpha value is -3.11. The van der Waals surface area contributed by atoms with Crippen LogP contribution in [-0.2, 0) is 44.7 Å². The average Bonchev–Trinajstić information content (AvgIpc) is 3.66. The first-order chi connectivity index (χ1) is 24.6. The maximum Gasteiger partial charge on any atom is 0.327 e. The van der Waals surface area contributed by atoms with E-state index in [2.05, 4.69) is 24.5 Å². The van der Waals surface area contributed by atoms with Crippen LogP contribution in [0.1, 0.15) is 89.7 Å². The Kier molecular flexibility index (Phi) is 13.5. The summed E-state index contributed by atoms with van der Waals surface area (Å²) in [6, 6.07) is 4.95. The molecule has 0 spiro atoms. The van der Waals surface area contributed by atoms with Gasteiger partial charge in [0.25, 0.3) is 0 Å². The number of esters is 1. The predicted molar refractivity (Wildman–Crippen MR) is 184 cm³/mol. The van der Waals surface area contributed by atoms with Crippen LogP contribution >= 0.6 is 0 Å². The molecule has 14 heteroatoms. The van der Waals surface area contributed by atoms with Crippen molar-refractivity contribution in [1.29, 1.82) is 0 Å². The molecular formula is C37H55N3O11. The quantitative estimate of drug-likeness (QED) is 0.0753. The molecule has 14 nitrogen and oxygen atoms in total. The van der Waals surface area contributed by atoms with E-state index in [1.165, 1.54) is 18.2 Å². The van der Waals surface area contributed by atoms with Crippen LogP contribution < -0.4 is 10.6 Å². The highest BCUT2D eigenvalue weighted by atomic mass is 16.8. The number of benzene rings is 1. The average molecular weight is 718 g/mol. The van der Waals surface area contributed by atoms with Gasteiger partial charge in [-0.1, -0.05) is 63.8 Å². The summed E-state index contributed by atoms with van der Waals surface area (Å²) in [5, 5.41) is 35.6. The third-order valence-electron chi connectivity index (χ3n) is 10.3. The van der Waals surface area contributed by atoms with Crippen LogP contribution in [0.25, 0.3) is 6.08 Å². The lowest BCUT2D eigenvalue weighted by atomic mass is 9.62. The number of rotatable bonds is 20. The van der Waals surface area contributed by atoms with E-state index in [1.54, 1.807) is 6.08 Å². The number of nitrogens with zero attached hydrogens (tertiary/aromatic N) is 1. The molecule has 0 aromatic heterocycles. The molecule has 1 aromatic carbocycles. The van der Waals surface area contributed by atoms with Gasteiger partial charge in [-0.2, -0.15) is 5.06 Å². The van der Waals surface area contributed by atoms with E-state index in [0.717, 1.165) is 49.7 Å². The van der Waals surface area contributed by atoms with Crippen molar-refractivity contribution < 1.29 is 53.5 Å². The first-order valence-corrected chi connectivity index (χ1v) is 18.5. The van der Waals surface area contributed by atoms with E-state index in [1.807, 2.05) is 24.3 Å². The molecule has 1 saturated carbocycles. The van der Waals surface area contributed by atoms with Gasteiger partial charge in [-0.05, 0) is 37.0 Å². The summed E-state index contributed by atoms with van der Waals surface area (Å²) in [7, 11) is 0. The van der Waals surface area contributed by atoms with Crippen molar-refractivity contribution in [2.75, 3.05) is 26.4 Å². The van der Waals surface area contributed by atoms with E-state index in [4.69, 9.17) is 28.9 Å². The van der Waals surface area contributed by atoms with Crippen molar-refractivity contribution in [1.82, 2.24) is 15.7 Å². The smallest absolute Gasteiger partial charge is 0.327 e. The number of carbonyl (C=O) groups excluding carboxylic acids is 3. The molecule has 4 fully saturated rings. The van der Waals surface area contributed by atoms with Crippen molar-refractivity contribution in [3.8, 4) is 0 Å². The number of hydroxylamine groups is 2. The lowest BCUT2D eigenvalue weighted by molar-refractivity contribution is -0.224. The number of nitrogens with one attached hydrogen (secondary N) is 2. The number of hydrogen-bond donors (Lipinski definition) is 5. The minimum absolute atomic E-state index is 0.0610. The number of ether oxygens (including phenoxy) is 4. The van der Waals surface area contributed by atoms with Crippen molar-refractivity contribution in [3.05, 3.63) is 41.7 Å². The van der Waals surface area contributed by atoms with E-state index < -0.39 is 71.6 Å². The molecule has 3 aliphatic heterocycles. The topological polar surface area (TPSA) is 185 Å². The van der Waals surface area contributed by atoms with Gasteiger partial charge in [-0.3, -0.25) is 19.2 Å². The van der Waals surface area contributed by atoms with Crippen LogP contribution in [0.15, 0.2) is 30.5 Å². The SMILES string of the molecule is CCCCCC1(CCCCC)O[C@@H]2[C@H](O1)[C@H]1ON(Cc3cccc(C=COCCO)c3)[C@H]3C(=O)O[C@@H]2C[C@@]13C(=O)N[C@@H](C(=O)NCCO)[C@H](C)O. The van der Waals surface area contributed by atoms with E-state index in [-0.39, 0.29) is 39.3 Å². The van der Waals surface area contributed by atoms with Crippen LogP contribution in [0.3, 0.4) is 0 Å². The fourth-order valence-corrected chi connectivity index (χ4v) is 7.89. The maximum absolute atomic E-state index is 14.7. The van der Waals surface area contributed by atoms with Crippen molar-refractivity contribution in [3.63, 3.8) is 0 Å². The summed E-state index contributed by atoms with van der Waals surface area (Å²) in [5.41, 5.74) is 0.0429. The van der Waals surface area contributed by atoms with Crippen molar-refractivity contribution in [2.24, 2.45) is 5.41 Å². The van der Waals surface area contributed by atoms with Crippen LogP contribution in [0, 0.1) is 5.41 Å². The van der Waals surface area contributed by atoms with Crippen LogP contribution in [-0.4, -0.2) is 113 Å². The summed E-state index contributed by atoms with van der Waals surface area (Å²) in [5.74, 6) is -2.89. The van der Waals surface area contributed by atoms with Crippen molar-refractivity contribution >= 4 is 23.9 Å². The summed E-state index contributed by atoms with van der Waals surface area (Å²) in [4.78, 5) is 48.5. The largest absolute Gasteiger partial charge is 0.499 e. The van der Waals surface area contributed by atoms with Crippen LogP contribution in [0.2, 0.25) is 0 Å². The van der Waals surface area contributed by atoms with Gasteiger partial charge in [0, 0.05) is 25.8 Å². The molecule has 3 heterocycles. The molecule has 5 rings (SSSR count). The third kappa shape index (κ3) is 8.43. The Morgan fingerprint density at radius 2 is 1.80 bits per heavy atom. The second-order valence-electron chi connectivity index (χ2n) is 14.1. The van der Waals surface area contributed by atoms with E-state index in [9.17, 15) is 24.6 Å². The molecule has 0 unspecified atom stereocenters. The maximum atomic E-state index is 14.7. The van der Waals surface area contributed by atoms with Gasteiger partial charge in [-0.15, -0.1) is 0 Å². The highest BCUT2D eigenvalue weighted by Crippen LogP contribution is 2.58. The molecule has 4 aliphatic rings. The summed E-state index contributed by atoms with van der Waals surface area (Å²) >= 11 is 0. The zero-order chi connectivity index (χ0) is 36.6. The van der Waals surface area contributed by atoms with Gasteiger partial charge in [-0.25, -0.2) is 0 Å². The zero-order valence-corrected chi connectivity index (χ0v) is 30.0. The minimum atomic E-state index is -1.55. The van der Waals surface area contributed by atoms with Gasteiger partial charge in [0.2, 0.25) is 11.8 Å². The standard InChI is InChI=1S/C37H55N3O11/c1-4-6-8-14-36(15-9-7-5-2)49-29-27-22-37(35(46)39-28(24(3)43)33(44)38-16-17-41)31(34(45)48-27)40(51-32(37)30(29)50-36)23-26-12-10-11-25(21-26)13-19-47-20-18-42/h10-13,19,21,24,27-32,41-43H,4-9,14-18,20,22-23H2,1-3H3,(H,38,44)(H,39,46)/t24-,27+,28+,29-,30-,31-,32+,37-/m0/s1. The highest BCUT2D eigenvalue weighted by Gasteiger charge is 2.76. The zero-order valence-electron chi connectivity index (χ0n) is 30.0. The van der Waals surface area contributed by atoms with Gasteiger partial charge in [0.15, 0.2) is 11.8 Å². The molecule has 284 valence electrons. The Bertz CT molecular complexity index is 1360. The molecule has 2 amide bonds. The number of hydrogen-bond acceptors (Lipinski definition) is 12. The van der Waals surface area contributed by atoms with Crippen LogP contribution in [0.5, 0.6) is 0 Å². The molecule has 0 radical (unpaired) electrons. The first kappa shape index (κ1) is 39.1. The van der Waals surface area contributed by atoms with Gasteiger partial charge >= 0.3 is 5.97 Å². The molecule has 1 aliphatic carbocycles. The highest BCUT2D eigenvalue weighted by molar-refractivity contribution is 5.96. The molecule has 5 N–H and O–H groups in total. The second kappa shape index (κ2) is 17.6. The molecule has 2 bridgehead atoms. The van der Waals surface area contributed by atoms with E-state index in [0.29, 0.717) is 12.8 Å². The third-order valence-corrected chi connectivity index (χ3v) is 10.3. The number of carbonyl (C=O) groups is 3. The first-order valence-electron chi connectivity index (χ1n) is 18.5. The van der Waals surface area contributed by atoms with E-state index >= 15 is 0 Å². The van der Waals surface area contributed by atoms with Gasteiger partial charge in [0.1, 0.15) is 42.5 Å². The summed E-state index contributed by atoms with van der Waals surface area (Å²) < 4.78 is 25.1. The molecular weight excluding hydrogens is 662 g/mol. The van der Waals surface area contributed by atoms with Gasteiger partial charge < -0.3 is 44.9 Å². The molecule has 8 atom stereocenters. The molecule has 3 saturated heterocycles. The second-order valence-corrected chi connectivity index (χ2v) is 14.1. The lowest BCUT2D eigenvalue weighted by Crippen LogP contribution is -2.71. The van der Waals surface area contributed by atoms with Crippen molar-refractivity contribution in [2.45, 2.75) is 133 Å². The molecule has 1 aromatic rings. The Morgan fingerprint density at radius 1 is 1.08 bits per heavy atom. The number of amides is 2. The number of aliphatic hydroxyl groups excluding tert-OH is 3. The fraction of sp³-hybridized carbons (Fsp3) is 0.703. The Balaban J connectivity index is 1.51. The number of aliphatic hydroxyl groups is 3. The predicted octanol–water partition coefficient (Wildman–Crippen LogP) is 2.08. The molecule has 51 heavy (non-hydrogen) atoms.